The summed E-state index contributed by atoms with van der Waals surface area (Å²) >= 11 is 0. The Morgan fingerprint density at radius 3 is 2.45 bits per heavy atom. The van der Waals surface area contributed by atoms with Gasteiger partial charge in [-0.3, -0.25) is 0 Å². The molecule has 0 spiro atoms. The molecular formula is C24H31NO6S2. The van der Waals surface area contributed by atoms with E-state index in [9.17, 15) is 16.8 Å². The topological polar surface area (TPSA) is 98.8 Å². The lowest BCUT2D eigenvalue weighted by molar-refractivity contribution is 0.398. The SMILES string of the molecule is COc1ccc(OC)c(CCN[C@H]2CS(=O)(=O)C[C@@H]2S(=O)(=O)c2ccc3c(c2)CCCC3)c1. The Balaban J connectivity index is 1.52. The zero-order chi connectivity index (χ0) is 23.6. The quantitative estimate of drug-likeness (QED) is 0.603. The molecule has 0 unspecified atom stereocenters. The molecule has 0 amide bonds. The largest absolute Gasteiger partial charge is 0.497 e. The highest BCUT2D eigenvalue weighted by Gasteiger charge is 2.45. The predicted octanol–water partition coefficient (Wildman–Crippen LogP) is 2.35. The molecule has 0 aromatic heterocycles. The highest BCUT2D eigenvalue weighted by atomic mass is 32.2. The average Bonchev–Trinajstić information content (AvgIpc) is 3.13. The smallest absolute Gasteiger partial charge is 0.183 e. The highest BCUT2D eigenvalue weighted by Crippen LogP contribution is 2.30. The number of nitrogens with one attached hydrogen (secondary N) is 1. The fourth-order valence-electron chi connectivity index (χ4n) is 4.84. The molecule has 0 bridgehead atoms. The third-order valence-electron chi connectivity index (χ3n) is 6.64. The van der Waals surface area contributed by atoms with Gasteiger partial charge in [0.25, 0.3) is 0 Å². The minimum Gasteiger partial charge on any atom is -0.497 e. The number of sulfone groups is 2. The van der Waals surface area contributed by atoms with Crippen LogP contribution in [-0.4, -0.2) is 60.4 Å². The fourth-order valence-corrected chi connectivity index (χ4v) is 9.61. The maximum Gasteiger partial charge on any atom is 0.183 e. The monoisotopic (exact) mass is 493 g/mol. The molecule has 4 rings (SSSR count). The third kappa shape index (κ3) is 5.20. The van der Waals surface area contributed by atoms with Gasteiger partial charge in [-0.15, -0.1) is 0 Å². The molecule has 2 aromatic rings. The number of rotatable bonds is 8. The molecular weight excluding hydrogens is 462 g/mol. The van der Waals surface area contributed by atoms with E-state index in [0.29, 0.717) is 24.5 Å². The summed E-state index contributed by atoms with van der Waals surface area (Å²) in [4.78, 5) is 0.228. The molecule has 0 saturated carbocycles. The number of aryl methyl sites for hydroxylation is 2. The van der Waals surface area contributed by atoms with Gasteiger partial charge in [0.05, 0.1) is 35.9 Å². The number of ether oxygens (including phenoxy) is 2. The Kier molecular flexibility index (Phi) is 7.02. The number of hydrogen-bond acceptors (Lipinski definition) is 7. The van der Waals surface area contributed by atoms with Crippen molar-refractivity contribution < 1.29 is 26.3 Å². The number of methoxy groups -OCH3 is 2. The van der Waals surface area contributed by atoms with Crippen molar-refractivity contribution >= 4 is 19.7 Å². The summed E-state index contributed by atoms with van der Waals surface area (Å²) < 4.78 is 62.5. The lowest BCUT2D eigenvalue weighted by Gasteiger charge is -2.22. The molecule has 0 radical (unpaired) electrons. The number of hydrogen-bond donors (Lipinski definition) is 1. The van der Waals surface area contributed by atoms with Crippen LogP contribution in [0.25, 0.3) is 0 Å². The van der Waals surface area contributed by atoms with Crippen molar-refractivity contribution in [2.45, 2.75) is 48.3 Å². The summed E-state index contributed by atoms with van der Waals surface area (Å²) in [5.74, 6) is 0.862. The second-order valence-corrected chi connectivity index (χ2v) is 13.1. The first-order chi connectivity index (χ1) is 15.7. The molecule has 1 aliphatic heterocycles. The summed E-state index contributed by atoms with van der Waals surface area (Å²) in [5.41, 5.74) is 3.17. The van der Waals surface area contributed by atoms with Crippen molar-refractivity contribution in [3.8, 4) is 11.5 Å². The average molecular weight is 494 g/mol. The first-order valence-electron chi connectivity index (χ1n) is 11.2. The van der Waals surface area contributed by atoms with Crippen molar-refractivity contribution in [1.82, 2.24) is 5.32 Å². The van der Waals surface area contributed by atoms with E-state index in [1.54, 1.807) is 32.4 Å². The van der Waals surface area contributed by atoms with Crippen LogP contribution in [0.1, 0.15) is 29.5 Å². The van der Waals surface area contributed by atoms with Gasteiger partial charge in [0, 0.05) is 6.04 Å². The van der Waals surface area contributed by atoms with E-state index in [1.807, 2.05) is 18.2 Å². The van der Waals surface area contributed by atoms with Gasteiger partial charge in [0.1, 0.15) is 11.5 Å². The van der Waals surface area contributed by atoms with E-state index < -0.39 is 31.0 Å². The first-order valence-corrected chi connectivity index (χ1v) is 14.6. The first kappa shape index (κ1) is 24.0. The number of benzene rings is 2. The molecule has 7 nitrogen and oxygen atoms in total. The maximum atomic E-state index is 13.5. The van der Waals surface area contributed by atoms with Gasteiger partial charge < -0.3 is 14.8 Å². The molecule has 180 valence electrons. The lowest BCUT2D eigenvalue weighted by Crippen LogP contribution is -2.44. The molecule has 1 N–H and O–H groups in total. The summed E-state index contributed by atoms with van der Waals surface area (Å²) in [6, 6.07) is 10.1. The van der Waals surface area contributed by atoms with Gasteiger partial charge >= 0.3 is 0 Å². The van der Waals surface area contributed by atoms with Crippen LogP contribution in [-0.2, 0) is 38.9 Å². The van der Waals surface area contributed by atoms with Gasteiger partial charge in [-0.1, -0.05) is 6.07 Å². The Hall–Kier alpha value is -2.10. The molecule has 2 aliphatic rings. The van der Waals surface area contributed by atoms with E-state index in [4.69, 9.17) is 9.47 Å². The van der Waals surface area contributed by atoms with Crippen molar-refractivity contribution in [1.29, 1.82) is 0 Å². The summed E-state index contributed by atoms with van der Waals surface area (Å²) in [6.45, 7) is 0.417. The standard InChI is InChI=1S/C24H31NO6S2/c1-30-20-8-10-23(31-2)19(13-20)11-12-25-22-15-32(26,27)16-24(22)33(28,29)21-9-7-17-5-3-4-6-18(17)14-21/h7-10,13-14,22,24-25H,3-6,11-12,15-16H2,1-2H3/t22-,24-/m0/s1. The molecule has 1 saturated heterocycles. The van der Waals surface area contributed by atoms with Gasteiger partial charge in [-0.25, -0.2) is 16.8 Å². The third-order valence-corrected chi connectivity index (χ3v) is 10.8. The molecule has 9 heteroatoms. The second kappa shape index (κ2) is 9.64. The molecule has 33 heavy (non-hydrogen) atoms. The van der Waals surface area contributed by atoms with Crippen molar-refractivity contribution in [3.63, 3.8) is 0 Å². The summed E-state index contributed by atoms with van der Waals surface area (Å²) in [7, 11) is -4.08. The molecule has 2 aromatic carbocycles. The van der Waals surface area contributed by atoms with Crippen molar-refractivity contribution in [3.05, 3.63) is 53.1 Å². The normalized spacial score (nSPS) is 22.0. The van der Waals surface area contributed by atoms with Crippen LogP contribution in [0.3, 0.4) is 0 Å². The summed E-state index contributed by atoms with van der Waals surface area (Å²) in [5, 5.41) is 2.20. The van der Waals surface area contributed by atoms with Crippen LogP contribution >= 0.6 is 0 Å². The lowest BCUT2D eigenvalue weighted by atomic mass is 9.92. The van der Waals surface area contributed by atoms with Gasteiger partial charge in [-0.05, 0) is 85.7 Å². The molecule has 2 atom stereocenters. The van der Waals surface area contributed by atoms with Crippen molar-refractivity contribution in [2.24, 2.45) is 0 Å². The molecule has 1 fully saturated rings. The van der Waals surface area contributed by atoms with E-state index in [1.165, 1.54) is 5.56 Å². The Bertz CT molecular complexity index is 1220. The zero-order valence-corrected chi connectivity index (χ0v) is 20.7. The summed E-state index contributed by atoms with van der Waals surface area (Å²) in [6.07, 6.45) is 4.54. The van der Waals surface area contributed by atoms with Gasteiger partial charge in [0.15, 0.2) is 19.7 Å². The maximum absolute atomic E-state index is 13.5. The van der Waals surface area contributed by atoms with E-state index >= 15 is 0 Å². The van der Waals surface area contributed by atoms with Gasteiger partial charge in [-0.2, -0.15) is 0 Å². The minimum atomic E-state index is -3.80. The molecule has 1 heterocycles. The van der Waals surface area contributed by atoms with E-state index in [0.717, 1.165) is 36.8 Å². The molecule has 1 aliphatic carbocycles. The van der Waals surface area contributed by atoms with Crippen LogP contribution in [0, 0.1) is 0 Å². The number of fused-ring (bicyclic) bond motifs is 1. The fraction of sp³-hybridized carbons (Fsp3) is 0.500. The van der Waals surface area contributed by atoms with Crippen LogP contribution < -0.4 is 14.8 Å². The Morgan fingerprint density at radius 2 is 1.73 bits per heavy atom. The van der Waals surface area contributed by atoms with Crippen molar-refractivity contribution in [2.75, 3.05) is 32.3 Å². The van der Waals surface area contributed by atoms with E-state index in [2.05, 4.69) is 5.32 Å². The van der Waals surface area contributed by atoms with Crippen LogP contribution in [0.15, 0.2) is 41.3 Å². The van der Waals surface area contributed by atoms with Crippen LogP contribution in [0.5, 0.6) is 11.5 Å². The minimum absolute atomic E-state index is 0.183. The Morgan fingerprint density at radius 1 is 0.970 bits per heavy atom. The zero-order valence-electron chi connectivity index (χ0n) is 19.0. The van der Waals surface area contributed by atoms with Crippen LogP contribution in [0.2, 0.25) is 0 Å². The highest BCUT2D eigenvalue weighted by molar-refractivity contribution is 7.96. The predicted molar refractivity (Wildman–Crippen MR) is 128 cm³/mol. The van der Waals surface area contributed by atoms with Gasteiger partial charge in [0.2, 0.25) is 0 Å². The van der Waals surface area contributed by atoms with E-state index in [-0.39, 0.29) is 16.4 Å². The second-order valence-electron chi connectivity index (χ2n) is 8.79. The Labute approximate surface area is 196 Å². The van der Waals surface area contributed by atoms with Crippen LogP contribution in [0.4, 0.5) is 0 Å².